The lowest BCUT2D eigenvalue weighted by Crippen LogP contribution is -2.49. The topological polar surface area (TPSA) is 91.3 Å². The molecule has 0 radical (unpaired) electrons. The number of rotatable bonds is 5. The molecule has 1 aliphatic heterocycles. The maximum atomic E-state index is 13.1. The molecule has 1 fully saturated rings. The Kier molecular flexibility index (Phi) is 6.29. The first-order valence-electron chi connectivity index (χ1n) is 9.56. The number of pyridine rings is 1. The molecule has 0 saturated carbocycles. The number of nitrogens with zero attached hydrogens (tertiary/aromatic N) is 5. The number of aryl methyl sites for hydroxylation is 1. The van der Waals surface area contributed by atoms with Crippen molar-refractivity contribution >= 4 is 50.5 Å². The van der Waals surface area contributed by atoms with Gasteiger partial charge in [-0.1, -0.05) is 23.2 Å². The first-order chi connectivity index (χ1) is 14.8. The average molecular weight is 479 g/mol. The average Bonchev–Trinajstić information content (AvgIpc) is 2.77. The predicted molar refractivity (Wildman–Crippen MR) is 122 cm³/mol. The van der Waals surface area contributed by atoms with E-state index < -0.39 is 10.0 Å². The number of piperazine rings is 1. The van der Waals surface area contributed by atoms with Crippen LogP contribution >= 0.6 is 23.2 Å². The van der Waals surface area contributed by atoms with Gasteiger partial charge in [0.25, 0.3) is 0 Å². The number of hydrogen-bond acceptors (Lipinski definition) is 7. The molecular weight excluding hydrogens is 459 g/mol. The van der Waals surface area contributed by atoms with Gasteiger partial charge in [0.2, 0.25) is 10.0 Å². The molecule has 0 atom stereocenters. The smallest absolute Gasteiger partial charge is 0.244 e. The third kappa shape index (κ3) is 4.74. The highest BCUT2D eigenvalue weighted by molar-refractivity contribution is 7.89. The zero-order chi connectivity index (χ0) is 22.0. The first-order valence-corrected chi connectivity index (χ1v) is 11.8. The van der Waals surface area contributed by atoms with E-state index in [-0.39, 0.29) is 9.92 Å². The molecule has 1 aromatic carbocycles. The number of sulfonamides is 1. The number of halogens is 2. The van der Waals surface area contributed by atoms with E-state index in [1.165, 1.54) is 16.4 Å². The Balaban J connectivity index is 1.42. The molecule has 1 saturated heterocycles. The number of benzene rings is 1. The van der Waals surface area contributed by atoms with Crippen LogP contribution in [0.15, 0.2) is 53.7 Å². The highest BCUT2D eigenvalue weighted by atomic mass is 35.5. The van der Waals surface area contributed by atoms with Crippen molar-refractivity contribution in [2.75, 3.05) is 36.4 Å². The lowest BCUT2D eigenvalue weighted by Gasteiger charge is -2.34. The van der Waals surface area contributed by atoms with Gasteiger partial charge in [-0.3, -0.25) is 4.98 Å². The lowest BCUT2D eigenvalue weighted by atomic mass is 10.2. The summed E-state index contributed by atoms with van der Waals surface area (Å²) in [4.78, 5) is 6.13. The van der Waals surface area contributed by atoms with Gasteiger partial charge in [0.1, 0.15) is 4.90 Å². The second-order valence-electron chi connectivity index (χ2n) is 7.07. The monoisotopic (exact) mass is 478 g/mol. The SMILES string of the molecule is Cc1cc(S(=O)(=O)N2CCN(c3ccc(Nc4cccnc4)nn3)CC2)c(Cl)cc1Cl. The van der Waals surface area contributed by atoms with Gasteiger partial charge in [-0.15, -0.1) is 10.2 Å². The molecule has 0 spiro atoms. The zero-order valence-electron chi connectivity index (χ0n) is 16.7. The zero-order valence-corrected chi connectivity index (χ0v) is 19.0. The van der Waals surface area contributed by atoms with Gasteiger partial charge >= 0.3 is 0 Å². The third-order valence-corrected chi connectivity index (χ3v) is 7.75. The van der Waals surface area contributed by atoms with Gasteiger partial charge < -0.3 is 10.2 Å². The van der Waals surface area contributed by atoms with Crippen LogP contribution in [0.1, 0.15) is 5.56 Å². The van der Waals surface area contributed by atoms with E-state index in [1.807, 2.05) is 29.2 Å². The molecular formula is C20H20Cl2N6O2S. The van der Waals surface area contributed by atoms with Crippen molar-refractivity contribution in [3.8, 4) is 0 Å². The minimum absolute atomic E-state index is 0.0788. The van der Waals surface area contributed by atoms with E-state index >= 15 is 0 Å². The molecule has 2 aromatic heterocycles. The molecule has 0 bridgehead atoms. The molecule has 0 amide bonds. The molecule has 31 heavy (non-hydrogen) atoms. The fourth-order valence-corrected chi connectivity index (χ4v) is 5.50. The summed E-state index contributed by atoms with van der Waals surface area (Å²) in [6.45, 7) is 3.37. The molecule has 8 nitrogen and oxygen atoms in total. The van der Waals surface area contributed by atoms with Crippen LogP contribution in [0, 0.1) is 6.92 Å². The van der Waals surface area contributed by atoms with Crippen LogP contribution in [-0.2, 0) is 10.0 Å². The quantitative estimate of drug-likeness (QED) is 0.596. The molecule has 1 aliphatic rings. The van der Waals surface area contributed by atoms with Crippen molar-refractivity contribution < 1.29 is 8.42 Å². The Morgan fingerprint density at radius 2 is 1.77 bits per heavy atom. The number of nitrogens with one attached hydrogen (secondary N) is 1. The van der Waals surface area contributed by atoms with Crippen molar-refractivity contribution in [1.29, 1.82) is 0 Å². The number of anilines is 3. The fourth-order valence-electron chi connectivity index (χ4n) is 3.27. The maximum Gasteiger partial charge on any atom is 0.244 e. The van der Waals surface area contributed by atoms with Crippen molar-refractivity contribution in [3.63, 3.8) is 0 Å². The Labute approximate surface area is 190 Å². The van der Waals surface area contributed by atoms with Crippen LogP contribution in [-0.4, -0.2) is 54.1 Å². The van der Waals surface area contributed by atoms with E-state index in [9.17, 15) is 8.42 Å². The predicted octanol–water partition coefficient (Wildman–Crippen LogP) is 3.74. The lowest BCUT2D eigenvalue weighted by molar-refractivity contribution is 0.383. The van der Waals surface area contributed by atoms with Gasteiger partial charge in [-0.25, -0.2) is 8.42 Å². The molecule has 0 aliphatic carbocycles. The molecule has 3 aromatic rings. The second kappa shape index (κ2) is 8.96. The largest absolute Gasteiger partial charge is 0.352 e. The third-order valence-electron chi connectivity index (χ3n) is 4.98. The molecule has 3 heterocycles. The molecule has 4 rings (SSSR count). The van der Waals surface area contributed by atoms with Crippen LogP contribution in [0.25, 0.3) is 0 Å². The summed E-state index contributed by atoms with van der Waals surface area (Å²) in [5, 5.41) is 12.2. The minimum Gasteiger partial charge on any atom is -0.352 e. The van der Waals surface area contributed by atoms with E-state index in [2.05, 4.69) is 20.5 Å². The van der Waals surface area contributed by atoms with E-state index in [4.69, 9.17) is 23.2 Å². The van der Waals surface area contributed by atoms with Crippen LogP contribution in [0.5, 0.6) is 0 Å². The maximum absolute atomic E-state index is 13.1. The summed E-state index contributed by atoms with van der Waals surface area (Å²) in [6.07, 6.45) is 3.39. The Morgan fingerprint density at radius 1 is 1.00 bits per heavy atom. The molecule has 0 unspecified atom stereocenters. The first kappa shape index (κ1) is 21.8. The summed E-state index contributed by atoms with van der Waals surface area (Å²) >= 11 is 12.2. The minimum atomic E-state index is -3.71. The van der Waals surface area contributed by atoms with Crippen LogP contribution < -0.4 is 10.2 Å². The summed E-state index contributed by atoms with van der Waals surface area (Å²) in [5.74, 6) is 1.29. The van der Waals surface area contributed by atoms with Crippen molar-refractivity contribution in [2.24, 2.45) is 0 Å². The van der Waals surface area contributed by atoms with E-state index in [0.29, 0.717) is 48.4 Å². The van der Waals surface area contributed by atoms with Crippen LogP contribution in [0.3, 0.4) is 0 Å². The van der Waals surface area contributed by atoms with Crippen LogP contribution in [0.2, 0.25) is 10.0 Å². The van der Waals surface area contributed by atoms with Gasteiger partial charge in [0.05, 0.1) is 16.9 Å². The van der Waals surface area contributed by atoms with Gasteiger partial charge in [0, 0.05) is 37.4 Å². The summed E-state index contributed by atoms with van der Waals surface area (Å²) in [7, 11) is -3.71. The second-order valence-corrected chi connectivity index (χ2v) is 9.79. The normalized spacial score (nSPS) is 15.1. The Bertz CT molecular complexity index is 1170. The summed E-state index contributed by atoms with van der Waals surface area (Å²) in [5.41, 5.74) is 1.48. The highest BCUT2D eigenvalue weighted by Crippen LogP contribution is 2.31. The van der Waals surface area contributed by atoms with Gasteiger partial charge in [0.15, 0.2) is 11.6 Å². The van der Waals surface area contributed by atoms with Crippen LogP contribution in [0.4, 0.5) is 17.3 Å². The van der Waals surface area contributed by atoms with E-state index in [0.717, 1.165) is 5.69 Å². The highest BCUT2D eigenvalue weighted by Gasteiger charge is 2.31. The number of aromatic nitrogens is 3. The molecule has 162 valence electrons. The van der Waals surface area contributed by atoms with Crippen molar-refractivity contribution in [2.45, 2.75) is 11.8 Å². The van der Waals surface area contributed by atoms with Gasteiger partial charge in [-0.2, -0.15) is 4.31 Å². The number of hydrogen-bond donors (Lipinski definition) is 1. The molecule has 1 N–H and O–H groups in total. The van der Waals surface area contributed by atoms with E-state index in [1.54, 1.807) is 19.3 Å². The van der Waals surface area contributed by atoms with Crippen molar-refractivity contribution in [1.82, 2.24) is 19.5 Å². The summed E-state index contributed by atoms with van der Waals surface area (Å²) in [6, 6.07) is 10.4. The van der Waals surface area contributed by atoms with Crippen molar-refractivity contribution in [3.05, 3.63) is 64.4 Å². The Hall–Kier alpha value is -2.46. The standard InChI is InChI=1S/C20H20Cl2N6O2S/c1-14-11-18(17(22)12-16(14)21)31(29,30)28-9-7-27(8-10-28)20-5-4-19(25-26-20)24-15-3-2-6-23-13-15/h2-6,11-13H,7-10H2,1H3,(H,24,25). The molecule has 11 heteroatoms. The Morgan fingerprint density at radius 3 is 2.42 bits per heavy atom. The fraction of sp³-hybridized carbons (Fsp3) is 0.250. The summed E-state index contributed by atoms with van der Waals surface area (Å²) < 4.78 is 27.6. The van der Waals surface area contributed by atoms with Gasteiger partial charge in [-0.05, 0) is 48.9 Å².